The topological polar surface area (TPSA) is 12.4 Å². The molecule has 0 aromatic rings. The molecule has 0 aliphatic rings. The van der Waals surface area contributed by atoms with E-state index in [4.69, 9.17) is 0 Å². The summed E-state index contributed by atoms with van der Waals surface area (Å²) in [4.78, 5) is 4.55. The molecule has 78 valence electrons. The Morgan fingerprint density at radius 3 is 2.23 bits per heavy atom. The molecule has 0 fully saturated rings. The maximum absolute atomic E-state index is 4.55. The molecule has 0 amide bonds. The molecule has 0 heterocycles. The van der Waals surface area contributed by atoms with Crippen molar-refractivity contribution in [3.05, 3.63) is 0 Å². The smallest absolute Gasteiger partial charge is 0.0388 e. The molecule has 0 aromatic heterocycles. The van der Waals surface area contributed by atoms with Crippen molar-refractivity contribution >= 4 is 5.71 Å². The fourth-order valence-electron chi connectivity index (χ4n) is 1.32. The highest BCUT2D eigenvalue weighted by molar-refractivity contribution is 5.81. The minimum absolute atomic E-state index is 1.05. The summed E-state index contributed by atoms with van der Waals surface area (Å²) in [6.07, 6.45) is 9.08. The van der Waals surface area contributed by atoms with E-state index in [1.54, 1.807) is 0 Å². The zero-order valence-electron chi connectivity index (χ0n) is 9.60. The van der Waals surface area contributed by atoms with Crippen molar-refractivity contribution in [2.45, 2.75) is 65.7 Å². The van der Waals surface area contributed by atoms with E-state index in [0.717, 1.165) is 6.54 Å². The number of nitrogens with zero attached hydrogens (tertiary/aromatic N) is 1. The van der Waals surface area contributed by atoms with Crippen LogP contribution >= 0.6 is 0 Å². The zero-order chi connectivity index (χ0) is 9.94. The van der Waals surface area contributed by atoms with Crippen LogP contribution in [-0.4, -0.2) is 12.3 Å². The van der Waals surface area contributed by atoms with E-state index in [1.165, 1.54) is 50.7 Å². The van der Waals surface area contributed by atoms with Crippen LogP contribution < -0.4 is 0 Å². The molecule has 0 aliphatic carbocycles. The third kappa shape index (κ3) is 9.59. The molecular weight excluding hydrogens is 158 g/mol. The average Bonchev–Trinajstić information content (AvgIpc) is 2.14. The van der Waals surface area contributed by atoms with Gasteiger partial charge in [-0.15, -0.1) is 0 Å². The molecule has 0 bridgehead atoms. The fraction of sp³-hybridized carbons (Fsp3) is 0.917. The molecular formula is C12H25N. The largest absolute Gasteiger partial charge is 0.294 e. The Balaban J connectivity index is 3.25. The van der Waals surface area contributed by atoms with Gasteiger partial charge >= 0.3 is 0 Å². The van der Waals surface area contributed by atoms with E-state index in [-0.39, 0.29) is 0 Å². The van der Waals surface area contributed by atoms with Gasteiger partial charge in [-0.1, -0.05) is 39.5 Å². The van der Waals surface area contributed by atoms with Crippen molar-refractivity contribution < 1.29 is 0 Å². The molecule has 0 aromatic carbocycles. The zero-order valence-corrected chi connectivity index (χ0v) is 9.60. The van der Waals surface area contributed by atoms with Gasteiger partial charge in [0.25, 0.3) is 0 Å². The summed E-state index contributed by atoms with van der Waals surface area (Å²) in [5.41, 5.74) is 1.35. The van der Waals surface area contributed by atoms with Gasteiger partial charge in [0.15, 0.2) is 0 Å². The number of hydrogen-bond donors (Lipinski definition) is 0. The van der Waals surface area contributed by atoms with Crippen molar-refractivity contribution in [3.63, 3.8) is 0 Å². The van der Waals surface area contributed by atoms with Gasteiger partial charge in [0.05, 0.1) is 0 Å². The van der Waals surface area contributed by atoms with E-state index in [1.807, 2.05) is 0 Å². The van der Waals surface area contributed by atoms with Gasteiger partial charge in [-0.2, -0.15) is 0 Å². The molecule has 0 radical (unpaired) electrons. The first-order chi connectivity index (χ1) is 6.31. The molecule has 0 unspecified atom stereocenters. The molecule has 13 heavy (non-hydrogen) atoms. The summed E-state index contributed by atoms with van der Waals surface area (Å²) in [5.74, 6) is 0. The van der Waals surface area contributed by atoms with Crippen LogP contribution in [0.1, 0.15) is 65.7 Å². The van der Waals surface area contributed by atoms with Gasteiger partial charge in [0.2, 0.25) is 0 Å². The highest BCUT2D eigenvalue weighted by Gasteiger charge is 1.90. The number of unbranched alkanes of at least 4 members (excludes halogenated alkanes) is 4. The first kappa shape index (κ1) is 12.7. The average molecular weight is 183 g/mol. The Labute approximate surface area is 83.6 Å². The van der Waals surface area contributed by atoms with Gasteiger partial charge < -0.3 is 0 Å². The lowest BCUT2D eigenvalue weighted by atomic mass is 10.2. The monoisotopic (exact) mass is 183 g/mol. The minimum Gasteiger partial charge on any atom is -0.294 e. The molecule has 0 saturated carbocycles. The minimum atomic E-state index is 1.05. The van der Waals surface area contributed by atoms with Gasteiger partial charge in [-0.3, -0.25) is 4.99 Å². The Kier molecular flexibility index (Phi) is 9.51. The summed E-state index contributed by atoms with van der Waals surface area (Å²) >= 11 is 0. The van der Waals surface area contributed by atoms with Crippen LogP contribution in [0.15, 0.2) is 4.99 Å². The van der Waals surface area contributed by atoms with E-state index < -0.39 is 0 Å². The molecule has 1 nitrogen and oxygen atoms in total. The van der Waals surface area contributed by atoms with Crippen LogP contribution in [0.5, 0.6) is 0 Å². The summed E-state index contributed by atoms with van der Waals surface area (Å²) in [7, 11) is 0. The summed E-state index contributed by atoms with van der Waals surface area (Å²) in [6, 6.07) is 0. The predicted molar refractivity (Wildman–Crippen MR) is 61.6 cm³/mol. The fourth-order valence-corrected chi connectivity index (χ4v) is 1.32. The third-order valence-corrected chi connectivity index (χ3v) is 2.29. The van der Waals surface area contributed by atoms with Gasteiger partial charge in [-0.05, 0) is 26.2 Å². The maximum Gasteiger partial charge on any atom is 0.0388 e. The summed E-state index contributed by atoms with van der Waals surface area (Å²) in [5, 5.41) is 0. The standard InChI is InChI=1S/C12H25N/c1-4-6-8-9-11-13-12(3)10-7-5-2/h4-11H2,1-3H3/b13-12-. The summed E-state index contributed by atoms with van der Waals surface area (Å²) < 4.78 is 0. The van der Waals surface area contributed by atoms with Crippen molar-refractivity contribution in [1.82, 2.24) is 0 Å². The van der Waals surface area contributed by atoms with Crippen molar-refractivity contribution in [2.75, 3.05) is 6.54 Å². The van der Waals surface area contributed by atoms with E-state index in [0.29, 0.717) is 0 Å². The van der Waals surface area contributed by atoms with Crippen LogP contribution in [0, 0.1) is 0 Å². The Morgan fingerprint density at radius 2 is 1.62 bits per heavy atom. The highest BCUT2D eigenvalue weighted by atomic mass is 14.7. The van der Waals surface area contributed by atoms with E-state index in [2.05, 4.69) is 25.8 Å². The number of rotatable bonds is 8. The van der Waals surface area contributed by atoms with Crippen LogP contribution in [0.4, 0.5) is 0 Å². The number of aliphatic imine (C=N–C) groups is 1. The summed E-state index contributed by atoms with van der Waals surface area (Å²) in [6.45, 7) is 7.69. The first-order valence-electron chi connectivity index (χ1n) is 5.81. The van der Waals surface area contributed by atoms with Crippen molar-refractivity contribution in [3.8, 4) is 0 Å². The molecule has 0 spiro atoms. The maximum atomic E-state index is 4.55. The second-order valence-electron chi connectivity index (χ2n) is 3.78. The molecule has 0 aliphatic heterocycles. The van der Waals surface area contributed by atoms with Crippen molar-refractivity contribution in [1.29, 1.82) is 0 Å². The molecule has 0 rings (SSSR count). The van der Waals surface area contributed by atoms with Gasteiger partial charge in [0, 0.05) is 12.3 Å². The van der Waals surface area contributed by atoms with Crippen LogP contribution in [0.25, 0.3) is 0 Å². The Morgan fingerprint density at radius 1 is 0.923 bits per heavy atom. The quantitative estimate of drug-likeness (QED) is 0.395. The number of hydrogen-bond acceptors (Lipinski definition) is 1. The molecule has 0 atom stereocenters. The SMILES string of the molecule is CCCCCC/N=C(/C)CCCC. The lowest BCUT2D eigenvalue weighted by Crippen LogP contribution is -1.93. The molecule has 0 saturated heterocycles. The van der Waals surface area contributed by atoms with Crippen LogP contribution in [0.3, 0.4) is 0 Å². The molecule has 1 heteroatoms. The van der Waals surface area contributed by atoms with E-state index >= 15 is 0 Å². The predicted octanol–water partition coefficient (Wildman–Crippen LogP) is 4.22. The first-order valence-corrected chi connectivity index (χ1v) is 5.81. The van der Waals surface area contributed by atoms with E-state index in [9.17, 15) is 0 Å². The van der Waals surface area contributed by atoms with Gasteiger partial charge in [0.1, 0.15) is 0 Å². The van der Waals surface area contributed by atoms with Gasteiger partial charge in [-0.25, -0.2) is 0 Å². The Hall–Kier alpha value is -0.330. The van der Waals surface area contributed by atoms with Crippen LogP contribution in [0.2, 0.25) is 0 Å². The molecule has 0 N–H and O–H groups in total. The second-order valence-corrected chi connectivity index (χ2v) is 3.78. The lowest BCUT2D eigenvalue weighted by Gasteiger charge is -1.99. The second kappa shape index (κ2) is 9.76. The van der Waals surface area contributed by atoms with Crippen LogP contribution in [-0.2, 0) is 0 Å². The highest BCUT2D eigenvalue weighted by Crippen LogP contribution is 2.01. The third-order valence-electron chi connectivity index (χ3n) is 2.29. The van der Waals surface area contributed by atoms with Crippen molar-refractivity contribution in [2.24, 2.45) is 4.99 Å². The Bertz CT molecular complexity index is 127. The lowest BCUT2D eigenvalue weighted by molar-refractivity contribution is 0.673. The normalized spacial score (nSPS) is 12.1.